The topological polar surface area (TPSA) is 79.5 Å². The number of carbonyl (C=O) groups excluding carboxylic acids is 2. The number of ether oxygens (including phenoxy) is 1. The SMILES string of the molecule is CNC(=O)COc1cccc(NC(=O)C(C)=C2CNC2)c1. The lowest BCUT2D eigenvalue weighted by Crippen LogP contribution is -2.36. The van der Waals surface area contributed by atoms with Crippen molar-refractivity contribution in [2.45, 2.75) is 6.92 Å². The van der Waals surface area contributed by atoms with Gasteiger partial charge in [0.05, 0.1) is 0 Å². The number of likely N-dealkylation sites (N-methyl/N-ethyl adjacent to an activating group) is 1. The molecule has 21 heavy (non-hydrogen) atoms. The number of rotatable bonds is 5. The van der Waals surface area contributed by atoms with Gasteiger partial charge in [-0.05, 0) is 24.6 Å². The largest absolute Gasteiger partial charge is 0.484 e. The van der Waals surface area contributed by atoms with Gasteiger partial charge in [0.1, 0.15) is 5.75 Å². The highest BCUT2D eigenvalue weighted by Crippen LogP contribution is 2.19. The van der Waals surface area contributed by atoms with Gasteiger partial charge in [-0.25, -0.2) is 0 Å². The van der Waals surface area contributed by atoms with E-state index in [-0.39, 0.29) is 18.4 Å². The Balaban J connectivity index is 1.97. The van der Waals surface area contributed by atoms with Crippen LogP contribution in [0.1, 0.15) is 6.92 Å². The minimum absolute atomic E-state index is 0.0529. The van der Waals surface area contributed by atoms with E-state index in [0.29, 0.717) is 11.4 Å². The van der Waals surface area contributed by atoms with Gasteiger partial charge in [0.25, 0.3) is 11.8 Å². The number of carbonyl (C=O) groups is 2. The van der Waals surface area contributed by atoms with E-state index in [1.165, 1.54) is 0 Å². The van der Waals surface area contributed by atoms with E-state index >= 15 is 0 Å². The molecule has 0 spiro atoms. The standard InChI is InChI=1S/C15H19N3O3/c1-10(11-7-17-8-11)15(20)18-12-4-3-5-13(6-12)21-9-14(19)16-2/h3-6,17H,7-9H2,1-2H3,(H,16,19)(H,18,20). The summed E-state index contributed by atoms with van der Waals surface area (Å²) in [5.74, 6) is 0.212. The highest BCUT2D eigenvalue weighted by atomic mass is 16.5. The van der Waals surface area contributed by atoms with E-state index in [2.05, 4.69) is 16.0 Å². The van der Waals surface area contributed by atoms with Gasteiger partial charge in [0.15, 0.2) is 6.61 Å². The number of anilines is 1. The molecule has 2 rings (SSSR count). The van der Waals surface area contributed by atoms with Crippen LogP contribution >= 0.6 is 0 Å². The Hall–Kier alpha value is -2.34. The smallest absolute Gasteiger partial charge is 0.257 e. The molecule has 0 unspecified atom stereocenters. The summed E-state index contributed by atoms with van der Waals surface area (Å²) in [5.41, 5.74) is 2.51. The molecular weight excluding hydrogens is 270 g/mol. The van der Waals surface area contributed by atoms with Crippen molar-refractivity contribution in [3.05, 3.63) is 35.4 Å². The first-order chi connectivity index (χ1) is 10.1. The van der Waals surface area contributed by atoms with Gasteiger partial charge in [-0.1, -0.05) is 6.07 Å². The summed E-state index contributed by atoms with van der Waals surface area (Å²) >= 11 is 0. The second-order valence-electron chi connectivity index (χ2n) is 4.78. The molecule has 0 bridgehead atoms. The van der Waals surface area contributed by atoms with Crippen LogP contribution in [-0.4, -0.2) is 38.6 Å². The first kappa shape index (κ1) is 15.1. The third-order valence-electron chi connectivity index (χ3n) is 3.29. The molecule has 1 saturated heterocycles. The number of amides is 2. The zero-order valence-electron chi connectivity index (χ0n) is 12.2. The van der Waals surface area contributed by atoms with Crippen LogP contribution in [-0.2, 0) is 9.59 Å². The highest BCUT2D eigenvalue weighted by molar-refractivity contribution is 6.04. The van der Waals surface area contributed by atoms with E-state index in [4.69, 9.17) is 4.74 Å². The second-order valence-corrected chi connectivity index (χ2v) is 4.78. The van der Waals surface area contributed by atoms with Crippen LogP contribution in [0.25, 0.3) is 0 Å². The summed E-state index contributed by atoms with van der Waals surface area (Å²) < 4.78 is 5.34. The predicted molar refractivity (Wildman–Crippen MR) is 80.2 cm³/mol. The Kier molecular flexibility index (Phi) is 4.94. The van der Waals surface area contributed by atoms with E-state index in [9.17, 15) is 9.59 Å². The minimum atomic E-state index is -0.206. The molecule has 2 amide bonds. The van der Waals surface area contributed by atoms with Crippen molar-refractivity contribution in [1.82, 2.24) is 10.6 Å². The zero-order chi connectivity index (χ0) is 15.2. The van der Waals surface area contributed by atoms with Crippen LogP contribution in [0.4, 0.5) is 5.69 Å². The number of nitrogens with one attached hydrogen (secondary N) is 3. The second kappa shape index (κ2) is 6.90. The molecule has 112 valence electrons. The molecule has 1 aromatic rings. The third kappa shape index (κ3) is 4.06. The van der Waals surface area contributed by atoms with E-state index in [0.717, 1.165) is 24.2 Å². The molecule has 1 heterocycles. The molecule has 1 fully saturated rings. The van der Waals surface area contributed by atoms with Gasteiger partial charge in [0, 0.05) is 37.5 Å². The molecule has 0 aromatic heterocycles. The van der Waals surface area contributed by atoms with Gasteiger partial charge in [0.2, 0.25) is 0 Å². The maximum Gasteiger partial charge on any atom is 0.257 e. The third-order valence-corrected chi connectivity index (χ3v) is 3.29. The molecule has 6 nitrogen and oxygen atoms in total. The fourth-order valence-corrected chi connectivity index (χ4v) is 1.79. The quantitative estimate of drug-likeness (QED) is 0.696. The molecule has 6 heteroatoms. The van der Waals surface area contributed by atoms with Crippen molar-refractivity contribution in [2.75, 3.05) is 32.1 Å². The molecule has 0 radical (unpaired) electrons. The first-order valence-electron chi connectivity index (χ1n) is 6.74. The van der Waals surface area contributed by atoms with Crippen molar-refractivity contribution in [2.24, 2.45) is 0 Å². The Bertz CT molecular complexity index is 575. The van der Waals surface area contributed by atoms with Crippen LogP contribution < -0.4 is 20.7 Å². The molecule has 0 atom stereocenters. The fraction of sp³-hybridized carbons (Fsp3) is 0.333. The number of benzene rings is 1. The lowest BCUT2D eigenvalue weighted by molar-refractivity contribution is -0.122. The summed E-state index contributed by atoms with van der Waals surface area (Å²) in [6.45, 7) is 3.31. The Morgan fingerprint density at radius 2 is 2.10 bits per heavy atom. The average Bonchev–Trinajstić information content (AvgIpc) is 2.43. The van der Waals surface area contributed by atoms with Crippen molar-refractivity contribution in [1.29, 1.82) is 0 Å². The minimum Gasteiger partial charge on any atom is -0.484 e. The summed E-state index contributed by atoms with van der Waals surface area (Å²) in [5, 5.41) is 8.41. The molecule has 0 saturated carbocycles. The number of hydrogen-bond acceptors (Lipinski definition) is 4. The van der Waals surface area contributed by atoms with Crippen molar-refractivity contribution < 1.29 is 14.3 Å². The van der Waals surface area contributed by atoms with Gasteiger partial charge in [-0.15, -0.1) is 0 Å². The van der Waals surface area contributed by atoms with E-state index < -0.39 is 0 Å². The van der Waals surface area contributed by atoms with Crippen molar-refractivity contribution in [3.8, 4) is 5.75 Å². The van der Waals surface area contributed by atoms with Gasteiger partial charge in [-0.2, -0.15) is 0 Å². The number of hydrogen-bond donors (Lipinski definition) is 3. The van der Waals surface area contributed by atoms with Crippen LogP contribution in [0, 0.1) is 0 Å². The summed E-state index contributed by atoms with van der Waals surface area (Å²) in [4.78, 5) is 23.2. The van der Waals surface area contributed by atoms with Crippen LogP contribution in [0.2, 0.25) is 0 Å². The van der Waals surface area contributed by atoms with Crippen molar-refractivity contribution >= 4 is 17.5 Å². The normalized spacial score (nSPS) is 13.1. The lowest BCUT2D eigenvalue weighted by Gasteiger charge is -2.21. The monoisotopic (exact) mass is 289 g/mol. The van der Waals surface area contributed by atoms with Crippen LogP contribution in [0.5, 0.6) is 5.75 Å². The Labute approximate surface area is 123 Å². The fourth-order valence-electron chi connectivity index (χ4n) is 1.79. The highest BCUT2D eigenvalue weighted by Gasteiger charge is 2.16. The summed E-state index contributed by atoms with van der Waals surface area (Å²) in [6, 6.07) is 6.97. The predicted octanol–water partition coefficient (Wildman–Crippen LogP) is 0.670. The van der Waals surface area contributed by atoms with E-state index in [1.807, 2.05) is 6.92 Å². The maximum atomic E-state index is 12.1. The van der Waals surface area contributed by atoms with E-state index in [1.54, 1.807) is 31.3 Å². The molecular formula is C15H19N3O3. The zero-order valence-corrected chi connectivity index (χ0v) is 12.2. The first-order valence-corrected chi connectivity index (χ1v) is 6.74. The molecule has 3 N–H and O–H groups in total. The molecule has 1 aromatic carbocycles. The lowest BCUT2D eigenvalue weighted by atomic mass is 10.0. The van der Waals surface area contributed by atoms with Gasteiger partial charge < -0.3 is 20.7 Å². The molecule has 1 aliphatic rings. The maximum absolute atomic E-state index is 12.1. The summed E-state index contributed by atoms with van der Waals surface area (Å²) in [7, 11) is 1.55. The summed E-state index contributed by atoms with van der Waals surface area (Å²) in [6.07, 6.45) is 0. The van der Waals surface area contributed by atoms with Gasteiger partial charge in [-0.3, -0.25) is 9.59 Å². The Morgan fingerprint density at radius 3 is 2.71 bits per heavy atom. The molecule has 1 aliphatic heterocycles. The van der Waals surface area contributed by atoms with Crippen LogP contribution in [0.15, 0.2) is 35.4 Å². The average molecular weight is 289 g/mol. The molecule has 0 aliphatic carbocycles. The van der Waals surface area contributed by atoms with Crippen molar-refractivity contribution in [3.63, 3.8) is 0 Å². The van der Waals surface area contributed by atoms with Gasteiger partial charge >= 0.3 is 0 Å². The van der Waals surface area contributed by atoms with Crippen LogP contribution in [0.3, 0.4) is 0 Å². The Morgan fingerprint density at radius 1 is 1.33 bits per heavy atom.